The highest BCUT2D eigenvalue weighted by Crippen LogP contribution is 2.61. The molecule has 1 aliphatic heterocycles. The number of benzene rings is 1. The highest BCUT2D eigenvalue weighted by Gasteiger charge is 2.55. The fraction of sp³-hybridized carbons (Fsp3) is 0.647. The minimum absolute atomic E-state index is 0.141. The Morgan fingerprint density at radius 2 is 2.00 bits per heavy atom. The van der Waals surface area contributed by atoms with E-state index in [-0.39, 0.29) is 5.41 Å². The first-order valence-corrected chi connectivity index (χ1v) is 8.07. The normalized spacial score (nSPS) is 22.8. The van der Waals surface area contributed by atoms with Gasteiger partial charge in [0.25, 0.3) is 0 Å². The van der Waals surface area contributed by atoms with Crippen LogP contribution in [-0.4, -0.2) is 33.9 Å². The van der Waals surface area contributed by atoms with Gasteiger partial charge >= 0.3 is 0 Å². The third-order valence-electron chi connectivity index (χ3n) is 5.23. The summed E-state index contributed by atoms with van der Waals surface area (Å²) in [6.07, 6.45) is 4.75. The fourth-order valence-electron chi connectivity index (χ4n) is 4.39. The summed E-state index contributed by atoms with van der Waals surface area (Å²) in [5, 5.41) is 4.16. The molecule has 0 unspecified atom stereocenters. The predicted octanol–water partition coefficient (Wildman–Crippen LogP) is 3.40. The maximum Gasteiger partial charge on any atom is 0.122 e. The monoisotopic (exact) mass is 309 g/mol. The van der Waals surface area contributed by atoms with Crippen LogP contribution in [0.25, 0.3) is 0 Å². The van der Waals surface area contributed by atoms with E-state index in [1.165, 1.54) is 31.2 Å². The molecular formula is C17H24ClNO2. The predicted molar refractivity (Wildman–Crippen MR) is 85.3 cm³/mol. The lowest BCUT2D eigenvalue weighted by atomic mass is 9.48. The van der Waals surface area contributed by atoms with Gasteiger partial charge in [-0.05, 0) is 56.3 Å². The van der Waals surface area contributed by atoms with Crippen molar-refractivity contribution in [3.63, 3.8) is 0 Å². The third-order valence-corrected chi connectivity index (χ3v) is 5.46. The second-order valence-corrected chi connectivity index (χ2v) is 7.06. The molecule has 1 saturated heterocycles. The molecule has 1 N–H and O–H groups in total. The molecule has 2 aliphatic rings. The van der Waals surface area contributed by atoms with Crippen LogP contribution in [0.3, 0.4) is 0 Å². The van der Waals surface area contributed by atoms with Gasteiger partial charge in [-0.25, -0.2) is 0 Å². The minimum atomic E-state index is 0.141. The summed E-state index contributed by atoms with van der Waals surface area (Å²) >= 11 is 6.24. The highest BCUT2D eigenvalue weighted by atomic mass is 35.5. The molecular weight excluding hydrogens is 286 g/mol. The van der Waals surface area contributed by atoms with Gasteiger partial charge in [-0.1, -0.05) is 11.6 Å². The molecule has 3 rings (SSSR count). The Labute approximate surface area is 132 Å². The molecule has 116 valence electrons. The van der Waals surface area contributed by atoms with E-state index in [4.69, 9.17) is 21.1 Å². The Balaban J connectivity index is 1.91. The quantitative estimate of drug-likeness (QED) is 0.924. The van der Waals surface area contributed by atoms with Crippen LogP contribution in [0.15, 0.2) is 18.2 Å². The summed E-state index contributed by atoms with van der Waals surface area (Å²) in [5.41, 5.74) is 1.86. The summed E-state index contributed by atoms with van der Waals surface area (Å²) in [6, 6.07) is 5.98. The van der Waals surface area contributed by atoms with Crippen molar-refractivity contribution < 1.29 is 9.47 Å². The number of likely N-dealkylation sites (N-methyl/N-ethyl adjacent to an activating group) is 1. The number of hydrogen-bond donors (Lipinski definition) is 1. The van der Waals surface area contributed by atoms with Crippen molar-refractivity contribution in [2.75, 3.05) is 33.9 Å². The van der Waals surface area contributed by atoms with Crippen molar-refractivity contribution in [1.29, 1.82) is 0 Å². The van der Waals surface area contributed by atoms with Crippen LogP contribution in [-0.2, 0) is 10.2 Å². The van der Waals surface area contributed by atoms with Gasteiger partial charge in [0.05, 0.1) is 7.11 Å². The van der Waals surface area contributed by atoms with Crippen molar-refractivity contribution in [2.45, 2.75) is 31.1 Å². The van der Waals surface area contributed by atoms with E-state index in [2.05, 4.69) is 11.4 Å². The lowest BCUT2D eigenvalue weighted by Gasteiger charge is -2.58. The first-order valence-electron chi connectivity index (χ1n) is 7.70. The largest absolute Gasteiger partial charge is 0.496 e. The minimum Gasteiger partial charge on any atom is -0.496 e. The Morgan fingerprint density at radius 1 is 1.29 bits per heavy atom. The van der Waals surface area contributed by atoms with Gasteiger partial charge in [-0.15, -0.1) is 0 Å². The number of halogens is 1. The third kappa shape index (κ3) is 2.67. The number of methoxy groups -OCH3 is 1. The van der Waals surface area contributed by atoms with E-state index >= 15 is 0 Å². The topological polar surface area (TPSA) is 30.5 Å². The first-order chi connectivity index (χ1) is 10.1. The Hall–Kier alpha value is -0.770. The fourth-order valence-corrected chi connectivity index (χ4v) is 4.56. The molecule has 0 atom stereocenters. The molecule has 1 aromatic rings. The van der Waals surface area contributed by atoms with Crippen LogP contribution in [0.5, 0.6) is 5.75 Å². The Morgan fingerprint density at radius 3 is 2.62 bits per heavy atom. The van der Waals surface area contributed by atoms with Gasteiger partial charge < -0.3 is 14.8 Å². The molecule has 2 fully saturated rings. The van der Waals surface area contributed by atoms with E-state index < -0.39 is 0 Å². The molecule has 1 spiro atoms. The molecule has 1 aliphatic carbocycles. The van der Waals surface area contributed by atoms with Crippen LogP contribution in [0.4, 0.5) is 0 Å². The number of hydrogen-bond acceptors (Lipinski definition) is 3. The number of ether oxygens (including phenoxy) is 2. The van der Waals surface area contributed by atoms with Crippen LogP contribution in [0.1, 0.15) is 31.2 Å². The summed E-state index contributed by atoms with van der Waals surface area (Å²) in [5.74, 6) is 0.955. The van der Waals surface area contributed by atoms with Crippen LogP contribution in [0.2, 0.25) is 5.02 Å². The average molecular weight is 310 g/mol. The molecule has 1 saturated carbocycles. The lowest BCUT2D eigenvalue weighted by Crippen LogP contribution is -2.56. The molecule has 1 aromatic carbocycles. The standard InChI is InChI=1S/C17H24ClNO2/c1-19-12-17(10-16(11-17)5-7-21-8-6-16)14-9-13(18)3-4-15(14)20-2/h3-4,9,19H,5-8,10-12H2,1-2H3. The van der Waals surface area contributed by atoms with Gasteiger partial charge in [0.2, 0.25) is 0 Å². The molecule has 0 aromatic heterocycles. The molecule has 1 heterocycles. The van der Waals surface area contributed by atoms with E-state index in [1.54, 1.807) is 7.11 Å². The zero-order chi connectivity index (χ0) is 14.9. The summed E-state index contributed by atoms with van der Waals surface area (Å²) in [7, 11) is 3.76. The van der Waals surface area contributed by atoms with Crippen molar-refractivity contribution >= 4 is 11.6 Å². The average Bonchev–Trinajstić information content (AvgIpc) is 2.46. The lowest BCUT2D eigenvalue weighted by molar-refractivity contribution is -0.0737. The van der Waals surface area contributed by atoms with Gasteiger partial charge in [0.15, 0.2) is 0 Å². The van der Waals surface area contributed by atoms with Crippen molar-refractivity contribution in [3.05, 3.63) is 28.8 Å². The van der Waals surface area contributed by atoms with Crippen molar-refractivity contribution in [2.24, 2.45) is 5.41 Å². The van der Waals surface area contributed by atoms with E-state index in [9.17, 15) is 0 Å². The second kappa shape index (κ2) is 5.79. The molecule has 21 heavy (non-hydrogen) atoms. The summed E-state index contributed by atoms with van der Waals surface area (Å²) in [6.45, 7) is 2.77. The summed E-state index contributed by atoms with van der Waals surface area (Å²) < 4.78 is 11.1. The Bertz CT molecular complexity index is 504. The highest BCUT2D eigenvalue weighted by molar-refractivity contribution is 6.30. The SMILES string of the molecule is CNCC1(c2cc(Cl)ccc2OC)CC2(CCOCC2)C1. The second-order valence-electron chi connectivity index (χ2n) is 6.62. The zero-order valence-corrected chi connectivity index (χ0v) is 13.6. The van der Waals surface area contributed by atoms with Crippen molar-refractivity contribution in [1.82, 2.24) is 5.32 Å². The van der Waals surface area contributed by atoms with Crippen LogP contribution >= 0.6 is 11.6 Å². The Kier molecular flexibility index (Phi) is 4.17. The number of nitrogens with one attached hydrogen (secondary N) is 1. The van der Waals surface area contributed by atoms with E-state index in [0.717, 1.165) is 30.5 Å². The first kappa shape index (κ1) is 15.1. The zero-order valence-electron chi connectivity index (χ0n) is 12.9. The van der Waals surface area contributed by atoms with Gasteiger partial charge in [0, 0.05) is 35.8 Å². The molecule has 4 heteroatoms. The molecule has 0 bridgehead atoms. The van der Waals surface area contributed by atoms with Gasteiger partial charge in [-0.3, -0.25) is 0 Å². The maximum absolute atomic E-state index is 6.24. The maximum atomic E-state index is 6.24. The van der Waals surface area contributed by atoms with E-state index in [1.807, 2.05) is 19.2 Å². The molecule has 3 nitrogen and oxygen atoms in total. The number of rotatable bonds is 4. The van der Waals surface area contributed by atoms with Gasteiger partial charge in [0.1, 0.15) is 5.75 Å². The smallest absolute Gasteiger partial charge is 0.122 e. The molecule has 0 radical (unpaired) electrons. The van der Waals surface area contributed by atoms with E-state index in [0.29, 0.717) is 5.41 Å². The van der Waals surface area contributed by atoms with Crippen LogP contribution in [0, 0.1) is 5.41 Å². The summed E-state index contributed by atoms with van der Waals surface area (Å²) in [4.78, 5) is 0. The van der Waals surface area contributed by atoms with Crippen LogP contribution < -0.4 is 10.1 Å². The van der Waals surface area contributed by atoms with Gasteiger partial charge in [-0.2, -0.15) is 0 Å². The van der Waals surface area contributed by atoms with Crippen molar-refractivity contribution in [3.8, 4) is 5.75 Å². The molecule has 0 amide bonds.